The number of aromatic nitrogens is 1. The van der Waals surface area contributed by atoms with E-state index in [0.29, 0.717) is 0 Å². The summed E-state index contributed by atoms with van der Waals surface area (Å²) in [5.41, 5.74) is 2.44. The minimum atomic E-state index is -0.544. The largest absolute Gasteiger partial charge is 0.298 e. The third kappa shape index (κ3) is 1.29. The van der Waals surface area contributed by atoms with Crippen molar-refractivity contribution in [3.05, 3.63) is 16.1 Å². The monoisotopic (exact) mass is 235 g/mol. The van der Waals surface area contributed by atoms with Crippen LogP contribution in [0, 0.1) is 18.8 Å². The second-order valence-electron chi connectivity index (χ2n) is 4.74. The van der Waals surface area contributed by atoms with Gasteiger partial charge in [-0.1, -0.05) is 0 Å². The summed E-state index contributed by atoms with van der Waals surface area (Å²) in [5, 5.41) is 0. The van der Waals surface area contributed by atoms with Crippen molar-refractivity contribution in [1.82, 2.24) is 4.98 Å². The normalized spacial score (nSPS) is 33.4. The number of aryl methyl sites for hydroxylation is 1. The lowest BCUT2D eigenvalue weighted by Gasteiger charge is -2.24. The van der Waals surface area contributed by atoms with Gasteiger partial charge >= 0.3 is 0 Å². The highest BCUT2D eigenvalue weighted by molar-refractivity contribution is 7.09. The summed E-state index contributed by atoms with van der Waals surface area (Å²) in [6.45, 7) is 1.93. The fourth-order valence-electron chi connectivity index (χ4n) is 2.97. The van der Waals surface area contributed by atoms with Crippen molar-refractivity contribution in [1.29, 1.82) is 0 Å². The molecule has 0 radical (unpaired) electrons. The number of carbonyl (C=O) groups excluding carboxylic acids is 2. The molecule has 2 bridgehead atoms. The van der Waals surface area contributed by atoms with Crippen molar-refractivity contribution >= 4 is 22.9 Å². The maximum atomic E-state index is 12.2. The number of ketones is 2. The highest BCUT2D eigenvalue weighted by atomic mass is 32.1. The van der Waals surface area contributed by atoms with E-state index in [9.17, 15) is 9.59 Å². The van der Waals surface area contributed by atoms with Crippen LogP contribution in [-0.4, -0.2) is 16.6 Å². The quantitative estimate of drug-likeness (QED) is 0.700. The van der Waals surface area contributed by atoms with Crippen LogP contribution in [0.4, 0.5) is 0 Å². The van der Waals surface area contributed by atoms with E-state index in [1.54, 1.807) is 5.51 Å². The Labute approximate surface area is 97.9 Å². The molecule has 4 heteroatoms. The average molecular weight is 235 g/mol. The van der Waals surface area contributed by atoms with Gasteiger partial charge in [-0.2, -0.15) is 0 Å². The first kappa shape index (κ1) is 10.1. The molecule has 1 aromatic heterocycles. The van der Waals surface area contributed by atoms with Gasteiger partial charge in [0.1, 0.15) is 5.92 Å². The van der Waals surface area contributed by atoms with Crippen LogP contribution in [0.25, 0.3) is 0 Å². The van der Waals surface area contributed by atoms with Crippen molar-refractivity contribution < 1.29 is 9.59 Å². The molecule has 0 saturated heterocycles. The van der Waals surface area contributed by atoms with E-state index >= 15 is 0 Å². The predicted octanol–water partition coefficient (Wildman–Crippen LogP) is 2.10. The van der Waals surface area contributed by atoms with E-state index in [2.05, 4.69) is 4.98 Å². The molecule has 3 rings (SSSR count). The first-order chi connectivity index (χ1) is 7.68. The zero-order valence-corrected chi connectivity index (χ0v) is 9.92. The maximum Gasteiger partial charge on any atom is 0.152 e. The minimum absolute atomic E-state index is 0.118. The first-order valence-electron chi connectivity index (χ1n) is 5.66. The summed E-state index contributed by atoms with van der Waals surface area (Å²) < 4.78 is 0. The second-order valence-corrected chi connectivity index (χ2v) is 5.80. The van der Waals surface area contributed by atoms with Crippen LogP contribution in [0.5, 0.6) is 0 Å². The standard InChI is InChI=1S/C12H13NO2S/c1-6-10(13-5-16-6)9-11(14)7-2-3-8(4-7)12(9)15/h5,7-9H,2-4H2,1H3/t7-,8-/m0/s1. The van der Waals surface area contributed by atoms with Gasteiger partial charge in [-0.15, -0.1) is 11.3 Å². The average Bonchev–Trinajstić information content (AvgIpc) is 2.85. The van der Waals surface area contributed by atoms with Gasteiger partial charge in [0, 0.05) is 16.7 Å². The molecule has 0 spiro atoms. The summed E-state index contributed by atoms with van der Waals surface area (Å²) in [6.07, 6.45) is 2.58. The SMILES string of the molecule is Cc1scnc1C1C(=O)[C@H]2CC[C@@H](C2)C1=O. The molecular formula is C12H13NO2S. The molecule has 0 N–H and O–H groups in total. The number of fused-ring (bicyclic) bond motifs is 2. The Morgan fingerprint density at radius 1 is 1.25 bits per heavy atom. The summed E-state index contributed by atoms with van der Waals surface area (Å²) >= 11 is 1.51. The van der Waals surface area contributed by atoms with Gasteiger partial charge < -0.3 is 0 Å². The Kier molecular flexibility index (Phi) is 2.21. The van der Waals surface area contributed by atoms with E-state index < -0.39 is 5.92 Å². The minimum Gasteiger partial charge on any atom is -0.298 e. The third-order valence-electron chi connectivity index (χ3n) is 3.86. The zero-order chi connectivity index (χ0) is 11.3. The second kappa shape index (κ2) is 3.48. The van der Waals surface area contributed by atoms with E-state index in [0.717, 1.165) is 29.8 Å². The first-order valence-corrected chi connectivity index (χ1v) is 6.54. The van der Waals surface area contributed by atoms with E-state index in [1.807, 2.05) is 6.92 Å². The molecule has 2 atom stereocenters. The zero-order valence-electron chi connectivity index (χ0n) is 9.10. The maximum absolute atomic E-state index is 12.2. The molecule has 0 amide bonds. The Balaban J connectivity index is 2.04. The van der Waals surface area contributed by atoms with Gasteiger partial charge in [-0.25, -0.2) is 4.98 Å². The summed E-state index contributed by atoms with van der Waals surface area (Å²) in [4.78, 5) is 29.6. The number of carbonyl (C=O) groups is 2. The molecule has 84 valence electrons. The topological polar surface area (TPSA) is 47.0 Å². The lowest BCUT2D eigenvalue weighted by atomic mass is 9.77. The Morgan fingerprint density at radius 2 is 1.88 bits per heavy atom. The van der Waals surface area contributed by atoms with Gasteiger partial charge in [0.05, 0.1) is 11.2 Å². The molecule has 1 heterocycles. The summed E-state index contributed by atoms with van der Waals surface area (Å²) in [7, 11) is 0. The smallest absolute Gasteiger partial charge is 0.152 e. The number of rotatable bonds is 1. The van der Waals surface area contributed by atoms with Crippen LogP contribution in [0.3, 0.4) is 0 Å². The number of hydrogen-bond acceptors (Lipinski definition) is 4. The summed E-state index contributed by atoms with van der Waals surface area (Å²) in [6, 6.07) is 0. The van der Waals surface area contributed by atoms with Gasteiger partial charge in [0.25, 0.3) is 0 Å². The number of thiazole rings is 1. The van der Waals surface area contributed by atoms with Crippen LogP contribution < -0.4 is 0 Å². The molecule has 2 fully saturated rings. The molecule has 2 saturated carbocycles. The molecule has 2 aliphatic rings. The van der Waals surface area contributed by atoms with E-state index in [1.165, 1.54) is 11.3 Å². The van der Waals surface area contributed by atoms with Crippen LogP contribution in [0.15, 0.2) is 5.51 Å². The van der Waals surface area contributed by atoms with Gasteiger partial charge in [0.15, 0.2) is 11.6 Å². The van der Waals surface area contributed by atoms with Crippen LogP contribution >= 0.6 is 11.3 Å². The van der Waals surface area contributed by atoms with Crippen LogP contribution in [-0.2, 0) is 9.59 Å². The van der Waals surface area contributed by atoms with E-state index in [4.69, 9.17) is 0 Å². The fourth-order valence-corrected chi connectivity index (χ4v) is 3.59. The summed E-state index contributed by atoms with van der Waals surface area (Å²) in [5.74, 6) is -0.0689. The lowest BCUT2D eigenvalue weighted by Crippen LogP contribution is -2.35. The predicted molar refractivity (Wildman–Crippen MR) is 60.4 cm³/mol. The number of Topliss-reactive ketones (excluding diaryl/α,β-unsaturated/α-hetero) is 2. The molecular weight excluding hydrogens is 222 g/mol. The third-order valence-corrected chi connectivity index (χ3v) is 4.64. The van der Waals surface area contributed by atoms with Gasteiger partial charge in [-0.3, -0.25) is 9.59 Å². The van der Waals surface area contributed by atoms with Crippen molar-refractivity contribution in [2.24, 2.45) is 11.8 Å². The van der Waals surface area contributed by atoms with Gasteiger partial charge in [-0.05, 0) is 26.2 Å². The molecule has 0 aromatic carbocycles. The van der Waals surface area contributed by atoms with Crippen molar-refractivity contribution in [3.8, 4) is 0 Å². The highest BCUT2D eigenvalue weighted by Crippen LogP contribution is 2.44. The van der Waals surface area contributed by atoms with Crippen molar-refractivity contribution in [2.45, 2.75) is 32.1 Å². The number of nitrogens with zero attached hydrogens (tertiary/aromatic N) is 1. The Bertz CT molecular complexity index is 443. The lowest BCUT2D eigenvalue weighted by molar-refractivity contribution is -0.136. The molecule has 2 aliphatic carbocycles. The molecule has 16 heavy (non-hydrogen) atoms. The van der Waals surface area contributed by atoms with E-state index in [-0.39, 0.29) is 23.4 Å². The molecule has 3 nitrogen and oxygen atoms in total. The van der Waals surface area contributed by atoms with Gasteiger partial charge in [0.2, 0.25) is 0 Å². The molecule has 0 unspecified atom stereocenters. The van der Waals surface area contributed by atoms with Crippen molar-refractivity contribution in [2.75, 3.05) is 0 Å². The van der Waals surface area contributed by atoms with Crippen molar-refractivity contribution in [3.63, 3.8) is 0 Å². The number of hydrogen-bond donors (Lipinski definition) is 0. The van der Waals surface area contributed by atoms with Crippen LogP contribution in [0.2, 0.25) is 0 Å². The fraction of sp³-hybridized carbons (Fsp3) is 0.583. The Morgan fingerprint density at radius 3 is 2.38 bits per heavy atom. The Hall–Kier alpha value is -1.03. The molecule has 0 aliphatic heterocycles. The van der Waals surface area contributed by atoms with Crippen LogP contribution in [0.1, 0.15) is 35.8 Å². The highest BCUT2D eigenvalue weighted by Gasteiger charge is 2.48. The molecule has 1 aromatic rings.